The number of rotatable bonds is 2. The van der Waals surface area contributed by atoms with Crippen molar-refractivity contribution in [1.82, 2.24) is 0 Å². The molecule has 1 aliphatic heterocycles. The molecule has 2 rings (SSSR count). The predicted octanol–water partition coefficient (Wildman–Crippen LogP) is 4.03. The molecule has 0 aromatic heterocycles. The summed E-state index contributed by atoms with van der Waals surface area (Å²) in [5.74, 6) is -1.56. The highest BCUT2D eigenvalue weighted by atomic mass is 19.4. The minimum absolute atomic E-state index is 0.0737. The summed E-state index contributed by atoms with van der Waals surface area (Å²) in [6.45, 7) is 5.63. The highest BCUT2D eigenvalue weighted by Crippen LogP contribution is 2.36. The molecule has 0 aliphatic carbocycles. The third-order valence-electron chi connectivity index (χ3n) is 3.80. The van der Waals surface area contributed by atoms with Crippen LogP contribution in [0.2, 0.25) is 0 Å². The van der Waals surface area contributed by atoms with Gasteiger partial charge in [0.2, 0.25) is 0 Å². The topological polar surface area (TPSA) is 40.5 Å². The van der Waals surface area contributed by atoms with E-state index in [0.29, 0.717) is 12.2 Å². The Labute approximate surface area is 121 Å². The lowest BCUT2D eigenvalue weighted by atomic mass is 9.84. The molecular weight excluding hydrogens is 283 g/mol. The number of aromatic carboxylic acids is 1. The normalized spacial score (nSPS) is 18.6. The predicted molar refractivity (Wildman–Crippen MR) is 73.6 cm³/mol. The molecule has 1 aromatic carbocycles. The van der Waals surface area contributed by atoms with E-state index in [-0.39, 0.29) is 5.41 Å². The molecule has 0 bridgehead atoms. The van der Waals surface area contributed by atoms with Crippen LogP contribution < -0.4 is 4.90 Å². The lowest BCUT2D eigenvalue weighted by molar-refractivity contribution is -0.138. The van der Waals surface area contributed by atoms with Gasteiger partial charge >= 0.3 is 12.1 Å². The molecule has 1 aromatic rings. The van der Waals surface area contributed by atoms with E-state index in [1.807, 2.05) is 4.90 Å². The molecule has 1 aliphatic rings. The fourth-order valence-electron chi connectivity index (χ4n) is 2.80. The average Bonchev–Trinajstić information content (AvgIpc) is 2.35. The lowest BCUT2D eigenvalue weighted by Gasteiger charge is -2.39. The van der Waals surface area contributed by atoms with Gasteiger partial charge in [0.1, 0.15) is 0 Å². The minimum Gasteiger partial charge on any atom is -0.478 e. The van der Waals surface area contributed by atoms with E-state index in [2.05, 4.69) is 13.8 Å². The molecule has 116 valence electrons. The summed E-state index contributed by atoms with van der Waals surface area (Å²) < 4.78 is 38.5. The maximum atomic E-state index is 12.8. The van der Waals surface area contributed by atoms with Crippen LogP contribution in [0.15, 0.2) is 18.2 Å². The van der Waals surface area contributed by atoms with E-state index >= 15 is 0 Å². The minimum atomic E-state index is -4.66. The summed E-state index contributed by atoms with van der Waals surface area (Å²) in [4.78, 5) is 13.1. The van der Waals surface area contributed by atoms with Crippen molar-refractivity contribution in [3.8, 4) is 0 Å². The van der Waals surface area contributed by atoms with Crippen molar-refractivity contribution in [2.45, 2.75) is 32.9 Å². The largest absolute Gasteiger partial charge is 0.478 e. The highest BCUT2D eigenvalue weighted by molar-refractivity contribution is 5.91. The fourth-order valence-corrected chi connectivity index (χ4v) is 2.80. The van der Waals surface area contributed by atoms with Gasteiger partial charge in [0.15, 0.2) is 0 Å². The zero-order chi connectivity index (χ0) is 15.8. The van der Waals surface area contributed by atoms with E-state index in [9.17, 15) is 18.0 Å². The van der Waals surface area contributed by atoms with Crippen molar-refractivity contribution >= 4 is 11.7 Å². The summed E-state index contributed by atoms with van der Waals surface area (Å²) >= 11 is 0. The van der Waals surface area contributed by atoms with Crippen molar-refractivity contribution < 1.29 is 23.1 Å². The van der Waals surface area contributed by atoms with Gasteiger partial charge in [-0.2, -0.15) is 13.2 Å². The van der Waals surface area contributed by atoms with E-state index in [1.165, 1.54) is 6.07 Å². The Bertz CT molecular complexity index is 552. The van der Waals surface area contributed by atoms with Gasteiger partial charge in [-0.05, 0) is 36.5 Å². The van der Waals surface area contributed by atoms with Crippen molar-refractivity contribution in [2.24, 2.45) is 5.41 Å². The Kier molecular flexibility index (Phi) is 3.91. The second kappa shape index (κ2) is 5.24. The molecule has 0 saturated carbocycles. The molecule has 3 nitrogen and oxygen atoms in total. The fraction of sp³-hybridized carbons (Fsp3) is 0.533. The number of benzene rings is 1. The molecule has 1 fully saturated rings. The number of carbonyl (C=O) groups is 1. The number of carboxylic acid groups (broad SMARTS) is 1. The quantitative estimate of drug-likeness (QED) is 0.896. The molecule has 0 spiro atoms. The Morgan fingerprint density at radius 3 is 2.52 bits per heavy atom. The maximum Gasteiger partial charge on any atom is 0.417 e. The highest BCUT2D eigenvalue weighted by Gasteiger charge is 2.36. The van der Waals surface area contributed by atoms with Crippen molar-refractivity contribution in [3.05, 3.63) is 29.3 Å². The molecule has 0 amide bonds. The molecule has 0 unspecified atom stereocenters. The molecule has 0 atom stereocenters. The zero-order valence-corrected chi connectivity index (χ0v) is 12.0. The smallest absolute Gasteiger partial charge is 0.417 e. The standard InChI is InChI=1S/C15H18F3NO2/c1-14(2)6-3-7-19(9-14)10-4-5-12(15(16,17)18)11(8-10)13(20)21/h4-5,8H,3,6-7,9H2,1-2H3,(H,20,21). The number of nitrogens with zero attached hydrogens (tertiary/aromatic N) is 1. The van der Waals surface area contributed by atoms with Crippen molar-refractivity contribution in [3.63, 3.8) is 0 Å². The van der Waals surface area contributed by atoms with Gasteiger partial charge in [-0.25, -0.2) is 4.79 Å². The van der Waals surface area contributed by atoms with E-state index in [1.54, 1.807) is 0 Å². The number of hydrogen-bond donors (Lipinski definition) is 1. The monoisotopic (exact) mass is 301 g/mol. The second-order valence-electron chi connectivity index (χ2n) is 6.22. The second-order valence-corrected chi connectivity index (χ2v) is 6.22. The number of hydrogen-bond acceptors (Lipinski definition) is 2. The summed E-state index contributed by atoms with van der Waals surface area (Å²) in [7, 11) is 0. The third-order valence-corrected chi connectivity index (χ3v) is 3.80. The van der Waals surface area contributed by atoms with Crippen LogP contribution in [0, 0.1) is 5.41 Å². The first-order valence-electron chi connectivity index (χ1n) is 6.80. The molecule has 21 heavy (non-hydrogen) atoms. The first kappa shape index (κ1) is 15.7. The number of alkyl halides is 3. The van der Waals surface area contributed by atoms with E-state index < -0.39 is 23.3 Å². The zero-order valence-electron chi connectivity index (χ0n) is 12.0. The Morgan fingerprint density at radius 1 is 1.33 bits per heavy atom. The van der Waals surface area contributed by atoms with Crippen LogP contribution in [0.5, 0.6) is 0 Å². The van der Waals surface area contributed by atoms with Gasteiger partial charge in [0.25, 0.3) is 0 Å². The van der Waals surface area contributed by atoms with Gasteiger partial charge in [-0.3, -0.25) is 0 Å². The molecule has 6 heteroatoms. The first-order chi connectivity index (χ1) is 9.60. The van der Waals surface area contributed by atoms with Crippen LogP contribution in [-0.4, -0.2) is 24.2 Å². The van der Waals surface area contributed by atoms with Crippen LogP contribution in [-0.2, 0) is 6.18 Å². The van der Waals surface area contributed by atoms with Crippen LogP contribution >= 0.6 is 0 Å². The molecular formula is C15H18F3NO2. The van der Waals surface area contributed by atoms with Gasteiger partial charge < -0.3 is 10.0 Å². The number of piperidine rings is 1. The van der Waals surface area contributed by atoms with Crippen LogP contribution in [0.3, 0.4) is 0 Å². The number of carboxylic acids is 1. The van der Waals surface area contributed by atoms with Gasteiger partial charge in [-0.1, -0.05) is 13.8 Å². The Morgan fingerprint density at radius 2 is 2.00 bits per heavy atom. The molecule has 1 heterocycles. The maximum absolute atomic E-state index is 12.8. The molecule has 1 saturated heterocycles. The number of halogens is 3. The lowest BCUT2D eigenvalue weighted by Crippen LogP contribution is -2.40. The van der Waals surface area contributed by atoms with Crippen molar-refractivity contribution in [2.75, 3.05) is 18.0 Å². The van der Waals surface area contributed by atoms with Crippen LogP contribution in [0.4, 0.5) is 18.9 Å². The van der Waals surface area contributed by atoms with Crippen molar-refractivity contribution in [1.29, 1.82) is 0 Å². The first-order valence-corrected chi connectivity index (χ1v) is 6.80. The summed E-state index contributed by atoms with van der Waals surface area (Å²) in [6, 6.07) is 3.35. The average molecular weight is 301 g/mol. The van der Waals surface area contributed by atoms with Gasteiger partial charge in [0, 0.05) is 18.8 Å². The van der Waals surface area contributed by atoms with Crippen LogP contribution in [0.25, 0.3) is 0 Å². The van der Waals surface area contributed by atoms with E-state index in [4.69, 9.17) is 5.11 Å². The number of anilines is 1. The van der Waals surface area contributed by atoms with Gasteiger partial charge in [0.05, 0.1) is 11.1 Å². The third kappa shape index (κ3) is 3.49. The molecule has 0 radical (unpaired) electrons. The van der Waals surface area contributed by atoms with E-state index in [0.717, 1.165) is 31.5 Å². The van der Waals surface area contributed by atoms with Gasteiger partial charge in [-0.15, -0.1) is 0 Å². The summed E-state index contributed by atoms with van der Waals surface area (Å²) in [6.07, 6.45) is -2.67. The summed E-state index contributed by atoms with van der Waals surface area (Å²) in [5.41, 5.74) is -1.18. The summed E-state index contributed by atoms with van der Waals surface area (Å²) in [5, 5.41) is 9.04. The Balaban J connectivity index is 2.39. The Hall–Kier alpha value is -1.72. The molecule has 1 N–H and O–H groups in total. The SMILES string of the molecule is CC1(C)CCCN(c2ccc(C(F)(F)F)c(C(=O)O)c2)C1. The van der Waals surface area contributed by atoms with Crippen LogP contribution in [0.1, 0.15) is 42.6 Å².